The Labute approximate surface area is 148 Å². The van der Waals surface area contributed by atoms with Crippen LogP contribution in [0.1, 0.15) is 56.6 Å². The fraction of sp³-hybridized carbons (Fsp3) is 0.714. The average molecular weight is 330 g/mol. The van der Waals surface area contributed by atoms with E-state index in [9.17, 15) is 0 Å². The first-order chi connectivity index (χ1) is 11.5. The summed E-state index contributed by atoms with van der Waals surface area (Å²) in [5.41, 5.74) is 4.67. The van der Waals surface area contributed by atoms with Crippen LogP contribution < -0.4 is 4.90 Å². The fourth-order valence-electron chi connectivity index (χ4n) is 4.42. The van der Waals surface area contributed by atoms with Crippen LogP contribution in [0.2, 0.25) is 0 Å². The molecule has 1 aromatic carbocycles. The molecular formula is C21H35N3. The molecule has 1 aliphatic carbocycles. The highest BCUT2D eigenvalue weighted by Crippen LogP contribution is 2.44. The van der Waals surface area contributed by atoms with Crippen molar-refractivity contribution in [3.05, 3.63) is 29.3 Å². The number of rotatable bonds is 5. The topological polar surface area (TPSA) is 9.72 Å². The Bertz CT molecular complexity index is 544. The number of nitrogens with zero attached hydrogens (tertiary/aromatic N) is 3. The maximum absolute atomic E-state index is 2.59. The van der Waals surface area contributed by atoms with E-state index in [0.717, 1.165) is 19.0 Å². The molecule has 1 fully saturated rings. The van der Waals surface area contributed by atoms with Gasteiger partial charge in [-0.2, -0.15) is 0 Å². The third kappa shape index (κ3) is 3.78. The standard InChI is InChI=1S/C21H35N3/c1-16(2)23-10-12-24(13-11-23)19-6-7-20-18(8-9-22(4)5)14-17(3)21(20)15-19/h6-7,15-18H,8-14H2,1-5H3/t17-,18-/m1/s1. The second-order valence-corrected chi connectivity index (χ2v) is 8.36. The van der Waals surface area contributed by atoms with Crippen molar-refractivity contribution in [1.82, 2.24) is 9.80 Å². The van der Waals surface area contributed by atoms with Gasteiger partial charge in [0.15, 0.2) is 0 Å². The molecule has 1 aromatic rings. The number of benzene rings is 1. The van der Waals surface area contributed by atoms with Gasteiger partial charge in [-0.05, 0) is 82.4 Å². The van der Waals surface area contributed by atoms with Gasteiger partial charge in [0.25, 0.3) is 0 Å². The Balaban J connectivity index is 1.69. The fourth-order valence-corrected chi connectivity index (χ4v) is 4.42. The molecule has 0 radical (unpaired) electrons. The van der Waals surface area contributed by atoms with E-state index in [1.165, 1.54) is 38.2 Å². The van der Waals surface area contributed by atoms with Crippen LogP contribution in [0.15, 0.2) is 18.2 Å². The van der Waals surface area contributed by atoms with Gasteiger partial charge in [0.05, 0.1) is 0 Å². The predicted octanol–water partition coefficient (Wildman–Crippen LogP) is 3.76. The molecule has 1 aliphatic heterocycles. The number of anilines is 1. The molecule has 1 saturated heterocycles. The molecule has 2 aliphatic rings. The van der Waals surface area contributed by atoms with Crippen molar-refractivity contribution in [1.29, 1.82) is 0 Å². The van der Waals surface area contributed by atoms with E-state index in [2.05, 4.69) is 67.8 Å². The molecule has 3 heteroatoms. The van der Waals surface area contributed by atoms with Crippen LogP contribution in [0.4, 0.5) is 5.69 Å². The Morgan fingerprint density at radius 3 is 2.42 bits per heavy atom. The van der Waals surface area contributed by atoms with Gasteiger partial charge in [0.1, 0.15) is 0 Å². The first-order valence-electron chi connectivity index (χ1n) is 9.73. The molecule has 2 atom stereocenters. The number of hydrogen-bond donors (Lipinski definition) is 0. The van der Waals surface area contributed by atoms with Crippen molar-refractivity contribution in [3.63, 3.8) is 0 Å². The zero-order chi connectivity index (χ0) is 17.3. The molecule has 0 aromatic heterocycles. The van der Waals surface area contributed by atoms with Crippen LogP contribution in [0, 0.1) is 0 Å². The summed E-state index contributed by atoms with van der Waals surface area (Å²) in [7, 11) is 4.36. The predicted molar refractivity (Wildman–Crippen MR) is 104 cm³/mol. The molecule has 134 valence electrons. The second kappa shape index (κ2) is 7.45. The van der Waals surface area contributed by atoms with Gasteiger partial charge < -0.3 is 9.80 Å². The minimum absolute atomic E-state index is 0.671. The van der Waals surface area contributed by atoms with Crippen LogP contribution in [0.3, 0.4) is 0 Å². The lowest BCUT2D eigenvalue weighted by Crippen LogP contribution is -2.48. The summed E-state index contributed by atoms with van der Waals surface area (Å²) in [6.07, 6.45) is 2.62. The number of fused-ring (bicyclic) bond motifs is 1. The SMILES string of the molecule is CC(C)N1CCN(c2ccc3c(c2)[C@H](C)C[C@H]3CCN(C)C)CC1. The summed E-state index contributed by atoms with van der Waals surface area (Å²) in [5.74, 6) is 1.47. The summed E-state index contributed by atoms with van der Waals surface area (Å²) in [6, 6.07) is 7.99. The molecule has 0 bridgehead atoms. The van der Waals surface area contributed by atoms with Crippen molar-refractivity contribution in [2.75, 3.05) is 51.7 Å². The summed E-state index contributed by atoms with van der Waals surface area (Å²) in [4.78, 5) is 7.48. The number of piperazine rings is 1. The van der Waals surface area contributed by atoms with Gasteiger partial charge >= 0.3 is 0 Å². The molecule has 0 N–H and O–H groups in total. The first-order valence-corrected chi connectivity index (χ1v) is 9.73. The third-order valence-electron chi connectivity index (χ3n) is 6.01. The lowest BCUT2D eigenvalue weighted by Gasteiger charge is -2.38. The lowest BCUT2D eigenvalue weighted by molar-refractivity contribution is 0.209. The first kappa shape index (κ1) is 17.8. The Kier molecular flexibility index (Phi) is 5.51. The van der Waals surface area contributed by atoms with Crippen molar-refractivity contribution < 1.29 is 0 Å². The van der Waals surface area contributed by atoms with E-state index < -0.39 is 0 Å². The Morgan fingerprint density at radius 2 is 1.79 bits per heavy atom. The van der Waals surface area contributed by atoms with Crippen LogP contribution in [0.5, 0.6) is 0 Å². The van der Waals surface area contributed by atoms with Crippen molar-refractivity contribution >= 4 is 5.69 Å². The van der Waals surface area contributed by atoms with Crippen LogP contribution in [0.25, 0.3) is 0 Å². The summed E-state index contributed by atoms with van der Waals surface area (Å²) in [6.45, 7) is 12.9. The summed E-state index contributed by atoms with van der Waals surface area (Å²) in [5, 5.41) is 0. The smallest absolute Gasteiger partial charge is 0.0370 e. The van der Waals surface area contributed by atoms with Crippen molar-refractivity contribution in [3.8, 4) is 0 Å². The Hall–Kier alpha value is -1.06. The molecule has 0 spiro atoms. The molecule has 0 saturated carbocycles. The largest absolute Gasteiger partial charge is 0.369 e. The number of hydrogen-bond acceptors (Lipinski definition) is 3. The normalized spacial score (nSPS) is 24.9. The summed E-state index contributed by atoms with van der Waals surface area (Å²) >= 11 is 0. The van der Waals surface area contributed by atoms with E-state index in [4.69, 9.17) is 0 Å². The molecule has 0 amide bonds. The quantitative estimate of drug-likeness (QED) is 0.814. The molecule has 0 unspecified atom stereocenters. The zero-order valence-electron chi connectivity index (χ0n) is 16.3. The highest BCUT2D eigenvalue weighted by Gasteiger charge is 2.29. The molecule has 3 nitrogen and oxygen atoms in total. The monoisotopic (exact) mass is 329 g/mol. The van der Waals surface area contributed by atoms with Gasteiger partial charge in [-0.1, -0.05) is 13.0 Å². The van der Waals surface area contributed by atoms with Crippen LogP contribution in [-0.2, 0) is 0 Å². The molecule has 24 heavy (non-hydrogen) atoms. The average Bonchev–Trinajstić information content (AvgIpc) is 2.89. The third-order valence-corrected chi connectivity index (χ3v) is 6.01. The van der Waals surface area contributed by atoms with E-state index in [1.807, 2.05) is 0 Å². The van der Waals surface area contributed by atoms with Crippen molar-refractivity contribution in [2.45, 2.75) is 51.5 Å². The van der Waals surface area contributed by atoms with Crippen molar-refractivity contribution in [2.24, 2.45) is 0 Å². The minimum Gasteiger partial charge on any atom is -0.369 e. The molecule has 1 heterocycles. The van der Waals surface area contributed by atoms with E-state index in [1.54, 1.807) is 11.1 Å². The highest BCUT2D eigenvalue weighted by molar-refractivity contribution is 5.54. The van der Waals surface area contributed by atoms with Gasteiger partial charge in [0, 0.05) is 37.9 Å². The van der Waals surface area contributed by atoms with Gasteiger partial charge in [-0.3, -0.25) is 4.90 Å². The molecular weight excluding hydrogens is 294 g/mol. The van der Waals surface area contributed by atoms with Crippen LogP contribution >= 0.6 is 0 Å². The highest BCUT2D eigenvalue weighted by atomic mass is 15.3. The van der Waals surface area contributed by atoms with Gasteiger partial charge in [-0.15, -0.1) is 0 Å². The second-order valence-electron chi connectivity index (χ2n) is 8.36. The zero-order valence-corrected chi connectivity index (χ0v) is 16.3. The van der Waals surface area contributed by atoms with Gasteiger partial charge in [-0.25, -0.2) is 0 Å². The van der Waals surface area contributed by atoms with Crippen LogP contribution in [-0.4, -0.2) is 62.7 Å². The van der Waals surface area contributed by atoms with E-state index >= 15 is 0 Å². The van der Waals surface area contributed by atoms with Gasteiger partial charge in [0.2, 0.25) is 0 Å². The minimum atomic E-state index is 0.671. The van der Waals surface area contributed by atoms with E-state index in [0.29, 0.717) is 12.0 Å². The molecule has 3 rings (SSSR count). The Morgan fingerprint density at radius 1 is 1.08 bits per heavy atom. The maximum atomic E-state index is 2.59. The summed E-state index contributed by atoms with van der Waals surface area (Å²) < 4.78 is 0. The maximum Gasteiger partial charge on any atom is 0.0370 e. The van der Waals surface area contributed by atoms with E-state index in [-0.39, 0.29) is 0 Å². The lowest BCUT2D eigenvalue weighted by atomic mass is 9.97.